The Bertz CT molecular complexity index is 248. The van der Waals surface area contributed by atoms with Crippen molar-refractivity contribution in [1.82, 2.24) is 10.2 Å². The van der Waals surface area contributed by atoms with Crippen LogP contribution in [0.25, 0.3) is 0 Å². The van der Waals surface area contributed by atoms with Crippen LogP contribution in [0.2, 0.25) is 0 Å². The van der Waals surface area contributed by atoms with Gasteiger partial charge in [0.25, 0.3) is 0 Å². The van der Waals surface area contributed by atoms with Gasteiger partial charge in [0.05, 0.1) is 0 Å². The van der Waals surface area contributed by atoms with Gasteiger partial charge in [0.15, 0.2) is 0 Å². The van der Waals surface area contributed by atoms with Gasteiger partial charge in [-0.05, 0) is 69.1 Å². The van der Waals surface area contributed by atoms with Crippen LogP contribution in [0.1, 0.15) is 53.4 Å². The molecule has 1 heterocycles. The van der Waals surface area contributed by atoms with Crippen LogP contribution in [0, 0.1) is 17.3 Å². The summed E-state index contributed by atoms with van der Waals surface area (Å²) in [5, 5.41) is 3.53. The first kappa shape index (κ1) is 14.3. The molecule has 106 valence electrons. The number of nitrogens with one attached hydrogen (secondary N) is 1. The average molecular weight is 252 g/mol. The van der Waals surface area contributed by atoms with E-state index in [1.54, 1.807) is 0 Å². The van der Waals surface area contributed by atoms with Crippen molar-refractivity contribution in [2.45, 2.75) is 59.4 Å². The first-order valence-corrected chi connectivity index (χ1v) is 7.97. The molecular weight excluding hydrogens is 220 g/mol. The van der Waals surface area contributed by atoms with Crippen LogP contribution in [-0.2, 0) is 0 Å². The number of hydrogen-bond acceptors (Lipinski definition) is 2. The van der Waals surface area contributed by atoms with Crippen molar-refractivity contribution < 1.29 is 0 Å². The van der Waals surface area contributed by atoms with Crippen LogP contribution < -0.4 is 5.32 Å². The van der Waals surface area contributed by atoms with Gasteiger partial charge in [-0.3, -0.25) is 0 Å². The standard InChI is InChI=1S/C16H32N2/c1-5-17-12-13-6-7-15(13)18-10-8-14(9-11-18)16(2,3)4/h13-15,17H,5-12H2,1-4H3. The Labute approximate surface area is 114 Å². The molecule has 0 bridgehead atoms. The van der Waals surface area contributed by atoms with Gasteiger partial charge in [-0.15, -0.1) is 0 Å². The maximum Gasteiger partial charge on any atom is 0.0136 e. The Balaban J connectivity index is 1.76. The van der Waals surface area contributed by atoms with Crippen molar-refractivity contribution >= 4 is 0 Å². The summed E-state index contributed by atoms with van der Waals surface area (Å²) in [5.41, 5.74) is 0.509. The minimum absolute atomic E-state index is 0.509. The lowest BCUT2D eigenvalue weighted by molar-refractivity contribution is 0.0164. The lowest BCUT2D eigenvalue weighted by atomic mass is 9.73. The lowest BCUT2D eigenvalue weighted by Gasteiger charge is -2.48. The third kappa shape index (κ3) is 3.27. The van der Waals surface area contributed by atoms with E-state index in [1.165, 1.54) is 45.3 Å². The first-order chi connectivity index (χ1) is 8.52. The molecule has 0 amide bonds. The van der Waals surface area contributed by atoms with Crippen LogP contribution in [0.3, 0.4) is 0 Å². The second kappa shape index (κ2) is 5.92. The first-order valence-electron chi connectivity index (χ1n) is 7.97. The molecule has 2 fully saturated rings. The average Bonchev–Trinajstić information content (AvgIpc) is 2.27. The van der Waals surface area contributed by atoms with E-state index in [0.717, 1.165) is 24.4 Å². The Morgan fingerprint density at radius 3 is 2.17 bits per heavy atom. The summed E-state index contributed by atoms with van der Waals surface area (Å²) in [6.45, 7) is 14.5. The van der Waals surface area contributed by atoms with E-state index in [-0.39, 0.29) is 0 Å². The third-order valence-electron chi connectivity index (χ3n) is 5.26. The molecule has 1 saturated heterocycles. The molecule has 0 aromatic carbocycles. The van der Waals surface area contributed by atoms with Gasteiger partial charge in [-0.25, -0.2) is 0 Å². The topological polar surface area (TPSA) is 15.3 Å². The van der Waals surface area contributed by atoms with Crippen molar-refractivity contribution in [2.24, 2.45) is 17.3 Å². The van der Waals surface area contributed by atoms with Gasteiger partial charge >= 0.3 is 0 Å². The van der Waals surface area contributed by atoms with Crippen LogP contribution in [0.4, 0.5) is 0 Å². The predicted molar refractivity (Wildman–Crippen MR) is 78.8 cm³/mol. The summed E-state index contributed by atoms with van der Waals surface area (Å²) in [4.78, 5) is 2.79. The summed E-state index contributed by atoms with van der Waals surface area (Å²) in [5.74, 6) is 1.86. The van der Waals surface area contributed by atoms with Gasteiger partial charge in [-0.2, -0.15) is 0 Å². The highest BCUT2D eigenvalue weighted by Gasteiger charge is 2.38. The second-order valence-corrected chi connectivity index (χ2v) is 7.39. The summed E-state index contributed by atoms with van der Waals surface area (Å²) in [6.07, 6.45) is 5.70. The van der Waals surface area contributed by atoms with Crippen molar-refractivity contribution in [1.29, 1.82) is 0 Å². The summed E-state index contributed by atoms with van der Waals surface area (Å²) >= 11 is 0. The highest BCUT2D eigenvalue weighted by atomic mass is 15.2. The zero-order valence-electron chi connectivity index (χ0n) is 12.8. The minimum atomic E-state index is 0.509. The molecule has 2 nitrogen and oxygen atoms in total. The number of nitrogens with zero attached hydrogens (tertiary/aromatic N) is 1. The number of piperidine rings is 1. The molecule has 1 aliphatic heterocycles. The van der Waals surface area contributed by atoms with E-state index in [1.807, 2.05) is 0 Å². The van der Waals surface area contributed by atoms with E-state index in [0.29, 0.717) is 5.41 Å². The predicted octanol–water partition coefficient (Wildman–Crippen LogP) is 3.13. The van der Waals surface area contributed by atoms with Crippen LogP contribution in [-0.4, -0.2) is 37.1 Å². The zero-order chi connectivity index (χ0) is 13.2. The van der Waals surface area contributed by atoms with Crippen LogP contribution >= 0.6 is 0 Å². The van der Waals surface area contributed by atoms with Gasteiger partial charge in [0.2, 0.25) is 0 Å². The molecule has 18 heavy (non-hydrogen) atoms. The Hall–Kier alpha value is -0.0800. The van der Waals surface area contributed by atoms with Crippen molar-refractivity contribution in [2.75, 3.05) is 26.2 Å². The largest absolute Gasteiger partial charge is 0.317 e. The molecule has 1 N–H and O–H groups in total. The molecule has 1 aliphatic carbocycles. The van der Waals surface area contributed by atoms with E-state index in [2.05, 4.69) is 37.9 Å². The van der Waals surface area contributed by atoms with Gasteiger partial charge < -0.3 is 10.2 Å². The van der Waals surface area contributed by atoms with Gasteiger partial charge in [-0.1, -0.05) is 27.7 Å². The lowest BCUT2D eigenvalue weighted by Crippen LogP contribution is -2.53. The maximum absolute atomic E-state index is 3.53. The number of hydrogen-bond donors (Lipinski definition) is 1. The molecule has 1 saturated carbocycles. The monoisotopic (exact) mass is 252 g/mol. The fraction of sp³-hybridized carbons (Fsp3) is 1.00. The SMILES string of the molecule is CCNCC1CCC1N1CCC(C(C)(C)C)CC1. The summed E-state index contributed by atoms with van der Waals surface area (Å²) < 4.78 is 0. The normalized spacial score (nSPS) is 31.3. The Morgan fingerprint density at radius 2 is 1.72 bits per heavy atom. The molecule has 0 spiro atoms. The fourth-order valence-corrected chi connectivity index (χ4v) is 3.70. The zero-order valence-corrected chi connectivity index (χ0v) is 12.8. The molecule has 2 atom stereocenters. The molecule has 0 aromatic heterocycles. The summed E-state index contributed by atoms with van der Waals surface area (Å²) in [7, 11) is 0. The molecule has 0 radical (unpaired) electrons. The van der Waals surface area contributed by atoms with E-state index in [4.69, 9.17) is 0 Å². The summed E-state index contributed by atoms with van der Waals surface area (Å²) in [6, 6.07) is 0.893. The molecule has 2 aliphatic rings. The number of likely N-dealkylation sites (tertiary alicyclic amines) is 1. The van der Waals surface area contributed by atoms with E-state index < -0.39 is 0 Å². The smallest absolute Gasteiger partial charge is 0.0136 e. The third-order valence-corrected chi connectivity index (χ3v) is 5.26. The van der Waals surface area contributed by atoms with Gasteiger partial charge in [0, 0.05) is 6.04 Å². The Morgan fingerprint density at radius 1 is 1.06 bits per heavy atom. The number of rotatable bonds is 4. The van der Waals surface area contributed by atoms with E-state index >= 15 is 0 Å². The maximum atomic E-state index is 3.53. The molecule has 2 rings (SSSR count). The quantitative estimate of drug-likeness (QED) is 0.827. The highest BCUT2D eigenvalue weighted by molar-refractivity contribution is 4.92. The molecule has 2 unspecified atom stereocenters. The molecule has 2 heteroatoms. The highest BCUT2D eigenvalue weighted by Crippen LogP contribution is 2.38. The van der Waals surface area contributed by atoms with E-state index in [9.17, 15) is 0 Å². The van der Waals surface area contributed by atoms with Crippen molar-refractivity contribution in [3.63, 3.8) is 0 Å². The second-order valence-electron chi connectivity index (χ2n) is 7.39. The fourth-order valence-electron chi connectivity index (χ4n) is 3.70. The minimum Gasteiger partial charge on any atom is -0.317 e. The van der Waals surface area contributed by atoms with Crippen molar-refractivity contribution in [3.05, 3.63) is 0 Å². The Kier molecular flexibility index (Phi) is 4.71. The van der Waals surface area contributed by atoms with Crippen LogP contribution in [0.5, 0.6) is 0 Å². The van der Waals surface area contributed by atoms with Crippen LogP contribution in [0.15, 0.2) is 0 Å². The van der Waals surface area contributed by atoms with Gasteiger partial charge in [0.1, 0.15) is 0 Å². The van der Waals surface area contributed by atoms with Crippen molar-refractivity contribution in [3.8, 4) is 0 Å². The molecule has 0 aromatic rings. The molecular formula is C16H32N2.